The van der Waals surface area contributed by atoms with Crippen molar-refractivity contribution in [2.24, 2.45) is 5.14 Å². The van der Waals surface area contributed by atoms with Crippen LogP contribution < -0.4 is 10.5 Å². The summed E-state index contributed by atoms with van der Waals surface area (Å²) in [7, 11) is -3.77. The van der Waals surface area contributed by atoms with Crippen LogP contribution in [0.1, 0.15) is 12.0 Å². The lowest BCUT2D eigenvalue weighted by atomic mass is 10.0. The molecule has 4 nitrogen and oxygen atoms in total. The number of fused-ring (bicyclic) bond motifs is 1. The maximum absolute atomic E-state index is 13.3. The van der Waals surface area contributed by atoms with Gasteiger partial charge in [-0.1, -0.05) is 0 Å². The smallest absolute Gasteiger partial charge is 0.238 e. The van der Waals surface area contributed by atoms with E-state index in [0.29, 0.717) is 18.5 Å². The molecular formula is C9H11FN2O2S. The third-order valence-corrected chi connectivity index (χ3v) is 3.43. The van der Waals surface area contributed by atoms with E-state index in [1.165, 1.54) is 6.07 Å². The number of hydrogen-bond donors (Lipinski definition) is 2. The lowest BCUT2D eigenvalue weighted by Crippen LogP contribution is -2.20. The fraction of sp³-hybridized carbons (Fsp3) is 0.333. The lowest BCUT2D eigenvalue weighted by molar-refractivity contribution is 0.592. The summed E-state index contributed by atoms with van der Waals surface area (Å²) >= 11 is 0. The molecule has 1 aromatic rings. The molecule has 2 rings (SSSR count). The normalized spacial score (nSPS) is 15.6. The van der Waals surface area contributed by atoms with E-state index in [1.807, 2.05) is 0 Å². The number of rotatable bonds is 1. The molecule has 0 amide bonds. The summed E-state index contributed by atoms with van der Waals surface area (Å²) in [5.41, 5.74) is 0.733. The summed E-state index contributed by atoms with van der Waals surface area (Å²) in [6.45, 7) is 0.651. The van der Waals surface area contributed by atoms with Crippen LogP contribution in [0.5, 0.6) is 0 Å². The van der Waals surface area contributed by atoms with E-state index in [4.69, 9.17) is 5.14 Å². The Labute approximate surface area is 87.3 Å². The van der Waals surface area contributed by atoms with Crippen molar-refractivity contribution in [2.45, 2.75) is 17.7 Å². The van der Waals surface area contributed by atoms with Crippen LogP contribution in [-0.4, -0.2) is 15.0 Å². The average molecular weight is 230 g/mol. The summed E-state index contributed by atoms with van der Waals surface area (Å²) in [4.78, 5) is 0.0195. The van der Waals surface area contributed by atoms with Crippen molar-refractivity contribution < 1.29 is 12.8 Å². The van der Waals surface area contributed by atoms with E-state index in [-0.39, 0.29) is 10.6 Å². The molecule has 0 saturated carbocycles. The molecule has 1 aromatic carbocycles. The maximum Gasteiger partial charge on any atom is 0.238 e. The molecule has 1 heterocycles. The quantitative estimate of drug-likeness (QED) is 0.750. The highest BCUT2D eigenvalue weighted by Crippen LogP contribution is 2.30. The summed E-state index contributed by atoms with van der Waals surface area (Å²) in [5, 5.41) is 7.90. The number of anilines is 1. The molecule has 3 N–H and O–H groups in total. The molecule has 0 bridgehead atoms. The zero-order valence-corrected chi connectivity index (χ0v) is 8.77. The third-order valence-electron chi connectivity index (χ3n) is 2.43. The number of sulfonamides is 1. The molecule has 0 aliphatic carbocycles. The topological polar surface area (TPSA) is 72.2 Å². The minimum absolute atomic E-state index is 0.0195. The number of nitrogens with two attached hydrogens (primary N) is 1. The molecule has 82 valence electrons. The van der Waals surface area contributed by atoms with Crippen molar-refractivity contribution in [2.75, 3.05) is 11.9 Å². The SMILES string of the molecule is NS(=O)(=O)c1ccc(F)c2c1CCCN2. The molecular weight excluding hydrogens is 219 g/mol. The van der Waals surface area contributed by atoms with E-state index in [2.05, 4.69) is 5.32 Å². The predicted octanol–water partition coefficient (Wildman–Crippen LogP) is 0.831. The zero-order valence-electron chi connectivity index (χ0n) is 7.96. The van der Waals surface area contributed by atoms with Gasteiger partial charge in [0.15, 0.2) is 0 Å². The summed E-state index contributed by atoms with van der Waals surface area (Å²) in [6, 6.07) is 2.34. The number of benzene rings is 1. The molecule has 0 unspecified atom stereocenters. The standard InChI is InChI=1S/C9H11FN2O2S/c10-7-3-4-8(15(11,13)14)6-2-1-5-12-9(6)7/h3-4,12H,1-2,5H2,(H2,11,13,14). The zero-order chi connectivity index (χ0) is 11.1. The Bertz CT molecular complexity index is 499. The highest BCUT2D eigenvalue weighted by molar-refractivity contribution is 7.89. The van der Waals surface area contributed by atoms with E-state index in [9.17, 15) is 12.8 Å². The second-order valence-corrected chi connectivity index (χ2v) is 5.00. The van der Waals surface area contributed by atoms with Gasteiger partial charge in [-0.25, -0.2) is 17.9 Å². The molecule has 0 spiro atoms. The Morgan fingerprint density at radius 1 is 1.40 bits per heavy atom. The fourth-order valence-electron chi connectivity index (χ4n) is 1.78. The Hall–Kier alpha value is -1.14. The van der Waals surface area contributed by atoms with Gasteiger partial charge in [0.05, 0.1) is 10.6 Å². The van der Waals surface area contributed by atoms with E-state index in [1.54, 1.807) is 0 Å². The first kappa shape index (κ1) is 10.4. The Morgan fingerprint density at radius 2 is 2.13 bits per heavy atom. The van der Waals surface area contributed by atoms with E-state index >= 15 is 0 Å². The monoisotopic (exact) mass is 230 g/mol. The third kappa shape index (κ3) is 1.82. The predicted molar refractivity (Wildman–Crippen MR) is 54.6 cm³/mol. The fourth-order valence-corrected chi connectivity index (χ4v) is 2.59. The van der Waals surface area contributed by atoms with Crippen LogP contribution in [0.4, 0.5) is 10.1 Å². The van der Waals surface area contributed by atoms with Gasteiger partial charge in [0.1, 0.15) is 5.82 Å². The molecule has 15 heavy (non-hydrogen) atoms. The summed E-state index contributed by atoms with van der Waals surface area (Å²) < 4.78 is 35.8. The van der Waals surface area contributed by atoms with Crippen molar-refractivity contribution >= 4 is 15.7 Å². The summed E-state index contributed by atoms with van der Waals surface area (Å²) in [5.74, 6) is -0.433. The molecule has 0 atom stereocenters. The van der Waals surface area contributed by atoms with Crippen molar-refractivity contribution in [3.05, 3.63) is 23.5 Å². The van der Waals surface area contributed by atoms with Crippen LogP contribution in [0, 0.1) is 5.82 Å². The van der Waals surface area contributed by atoms with E-state index < -0.39 is 15.8 Å². The molecule has 1 aliphatic heterocycles. The number of halogens is 1. The van der Waals surface area contributed by atoms with Crippen molar-refractivity contribution in [3.8, 4) is 0 Å². The maximum atomic E-state index is 13.3. The van der Waals surface area contributed by atoms with Gasteiger partial charge < -0.3 is 5.32 Å². The first-order valence-electron chi connectivity index (χ1n) is 4.58. The van der Waals surface area contributed by atoms with Crippen LogP contribution in [0.2, 0.25) is 0 Å². The van der Waals surface area contributed by atoms with Gasteiger partial charge in [0, 0.05) is 6.54 Å². The van der Waals surface area contributed by atoms with Crippen molar-refractivity contribution in [1.29, 1.82) is 0 Å². The Morgan fingerprint density at radius 3 is 2.80 bits per heavy atom. The number of nitrogens with one attached hydrogen (secondary N) is 1. The van der Waals surface area contributed by atoms with Gasteiger partial charge in [0.25, 0.3) is 0 Å². The minimum atomic E-state index is -3.77. The molecule has 0 fully saturated rings. The Kier molecular flexibility index (Phi) is 2.40. The Balaban J connectivity index is 2.69. The highest BCUT2D eigenvalue weighted by atomic mass is 32.2. The van der Waals surface area contributed by atoms with Gasteiger partial charge in [-0.15, -0.1) is 0 Å². The van der Waals surface area contributed by atoms with Crippen LogP contribution >= 0.6 is 0 Å². The molecule has 0 radical (unpaired) electrons. The second kappa shape index (κ2) is 3.46. The number of hydrogen-bond acceptors (Lipinski definition) is 3. The first-order chi connectivity index (χ1) is 7.00. The first-order valence-corrected chi connectivity index (χ1v) is 6.13. The van der Waals surface area contributed by atoms with Crippen LogP contribution in [0.15, 0.2) is 17.0 Å². The average Bonchev–Trinajstić information content (AvgIpc) is 2.17. The van der Waals surface area contributed by atoms with Crippen molar-refractivity contribution in [3.63, 3.8) is 0 Å². The molecule has 0 aromatic heterocycles. The lowest BCUT2D eigenvalue weighted by Gasteiger charge is -2.20. The molecule has 6 heteroatoms. The van der Waals surface area contributed by atoms with Gasteiger partial charge in [-0.3, -0.25) is 0 Å². The largest absolute Gasteiger partial charge is 0.382 e. The second-order valence-electron chi connectivity index (χ2n) is 3.47. The van der Waals surface area contributed by atoms with Crippen LogP contribution in [0.25, 0.3) is 0 Å². The van der Waals surface area contributed by atoms with Gasteiger partial charge >= 0.3 is 0 Å². The van der Waals surface area contributed by atoms with Crippen molar-refractivity contribution in [1.82, 2.24) is 0 Å². The van der Waals surface area contributed by atoms with E-state index in [0.717, 1.165) is 12.5 Å². The van der Waals surface area contributed by atoms with Gasteiger partial charge in [-0.05, 0) is 30.5 Å². The molecule has 0 saturated heterocycles. The van der Waals surface area contributed by atoms with Gasteiger partial charge in [-0.2, -0.15) is 0 Å². The summed E-state index contributed by atoms with van der Waals surface area (Å²) in [6.07, 6.45) is 1.31. The van der Waals surface area contributed by atoms with Crippen LogP contribution in [0.3, 0.4) is 0 Å². The highest BCUT2D eigenvalue weighted by Gasteiger charge is 2.22. The molecule has 1 aliphatic rings. The van der Waals surface area contributed by atoms with Gasteiger partial charge in [0.2, 0.25) is 10.0 Å². The number of primary sulfonamides is 1. The van der Waals surface area contributed by atoms with Crippen LogP contribution in [-0.2, 0) is 16.4 Å². The minimum Gasteiger partial charge on any atom is -0.382 e.